The Morgan fingerprint density at radius 2 is 0.968 bits per heavy atom. The van der Waals surface area contributed by atoms with Gasteiger partial charge in [-0.3, -0.25) is 4.18 Å². The lowest BCUT2D eigenvalue weighted by atomic mass is 10.0. The summed E-state index contributed by atoms with van der Waals surface area (Å²) in [5.41, 5.74) is 0. The Bertz CT molecular complexity index is 450. The summed E-state index contributed by atoms with van der Waals surface area (Å²) in [6.07, 6.45) is 24.0. The summed E-state index contributed by atoms with van der Waals surface area (Å²) >= 11 is 0. The van der Waals surface area contributed by atoms with Gasteiger partial charge in [-0.1, -0.05) is 129 Å². The zero-order chi connectivity index (χ0) is 23.0. The van der Waals surface area contributed by atoms with Crippen LogP contribution in [0.15, 0.2) is 0 Å². The zero-order valence-electron chi connectivity index (χ0n) is 20.9. The van der Waals surface area contributed by atoms with Crippen molar-refractivity contribution in [1.29, 1.82) is 0 Å². The first-order valence-corrected chi connectivity index (χ1v) is 15.1. The van der Waals surface area contributed by atoms with Crippen LogP contribution in [0.5, 0.6) is 0 Å². The van der Waals surface area contributed by atoms with E-state index in [1.807, 2.05) is 0 Å². The Kier molecular flexibility index (Phi) is 22.9. The maximum Gasteiger partial charge on any atom is 0.267 e. The molecule has 1 unspecified atom stereocenters. The van der Waals surface area contributed by atoms with Crippen LogP contribution in [0.4, 0.5) is 0 Å². The minimum atomic E-state index is -3.50. The summed E-state index contributed by atoms with van der Waals surface area (Å²) < 4.78 is 29.0. The van der Waals surface area contributed by atoms with E-state index in [2.05, 4.69) is 13.8 Å². The Balaban J connectivity index is 3.47. The largest absolute Gasteiger partial charge is 0.393 e. The smallest absolute Gasteiger partial charge is 0.267 e. The molecule has 188 valence electrons. The van der Waals surface area contributed by atoms with E-state index < -0.39 is 16.2 Å². The molecule has 0 saturated carbocycles. The monoisotopic (exact) mass is 462 g/mol. The molecular weight excluding hydrogens is 408 g/mol. The van der Waals surface area contributed by atoms with Crippen molar-refractivity contribution < 1.29 is 17.7 Å². The van der Waals surface area contributed by atoms with Crippen LogP contribution in [-0.4, -0.2) is 32.0 Å². The molecule has 0 aromatic rings. The Hall–Kier alpha value is -0.130. The molecule has 0 radical (unpaired) electrons. The Morgan fingerprint density at radius 1 is 0.581 bits per heavy atom. The van der Waals surface area contributed by atoms with Gasteiger partial charge in [0.15, 0.2) is 0 Å². The third-order valence-corrected chi connectivity index (χ3v) is 7.36. The first kappa shape index (κ1) is 30.9. The molecule has 0 aliphatic heterocycles. The second-order valence-corrected chi connectivity index (χ2v) is 11.1. The van der Waals surface area contributed by atoms with Crippen molar-refractivity contribution in [1.82, 2.24) is 0 Å². The minimum absolute atomic E-state index is 0.0663. The third-order valence-electron chi connectivity index (χ3n) is 6.10. The van der Waals surface area contributed by atoms with Crippen molar-refractivity contribution in [2.45, 2.75) is 155 Å². The number of aliphatic hydroxyl groups excluding tert-OH is 1. The highest BCUT2D eigenvalue weighted by atomic mass is 32.2. The highest BCUT2D eigenvalue weighted by Gasteiger charge is 2.14. The summed E-state index contributed by atoms with van der Waals surface area (Å²) in [5, 5.41) is 10.1. The molecule has 0 aromatic carbocycles. The van der Waals surface area contributed by atoms with Crippen molar-refractivity contribution in [2.75, 3.05) is 12.4 Å². The van der Waals surface area contributed by atoms with Crippen molar-refractivity contribution in [3.8, 4) is 0 Å². The lowest BCUT2D eigenvalue weighted by Crippen LogP contribution is -2.17. The first-order chi connectivity index (χ1) is 15.0. The van der Waals surface area contributed by atoms with Crippen molar-refractivity contribution in [2.24, 2.45) is 0 Å². The summed E-state index contributed by atoms with van der Waals surface area (Å²) in [6.45, 7) is 4.75. The van der Waals surface area contributed by atoms with Gasteiger partial charge < -0.3 is 5.11 Å². The molecule has 0 aromatic heterocycles. The second-order valence-electron chi connectivity index (χ2n) is 9.33. The maximum absolute atomic E-state index is 12.0. The van der Waals surface area contributed by atoms with Gasteiger partial charge in [-0.25, -0.2) is 0 Å². The fraction of sp³-hybridized carbons (Fsp3) is 1.00. The summed E-state index contributed by atoms with van der Waals surface area (Å²) in [6, 6.07) is 0. The molecule has 0 rings (SSSR count). The van der Waals surface area contributed by atoms with Gasteiger partial charge in [0.05, 0.1) is 18.5 Å². The lowest BCUT2D eigenvalue weighted by Gasteiger charge is -2.11. The molecule has 0 fully saturated rings. The van der Waals surface area contributed by atoms with Crippen LogP contribution >= 0.6 is 0 Å². The summed E-state index contributed by atoms with van der Waals surface area (Å²) in [4.78, 5) is 0. The van der Waals surface area contributed by atoms with Gasteiger partial charge in [-0.15, -0.1) is 0 Å². The number of aliphatic hydroxyl groups is 1. The molecule has 31 heavy (non-hydrogen) atoms. The number of hydrogen-bond donors (Lipinski definition) is 1. The molecule has 0 aliphatic rings. The normalized spacial score (nSPS) is 13.0. The third kappa shape index (κ3) is 24.3. The quantitative estimate of drug-likeness (QED) is 0.110. The summed E-state index contributed by atoms with van der Waals surface area (Å²) in [5.74, 6) is -0.0663. The molecule has 1 N–H and O–H groups in total. The van der Waals surface area contributed by atoms with Crippen LogP contribution in [0.3, 0.4) is 0 Å². The highest BCUT2D eigenvalue weighted by molar-refractivity contribution is 7.86. The number of rotatable bonds is 25. The zero-order valence-corrected chi connectivity index (χ0v) is 21.7. The lowest BCUT2D eigenvalue weighted by molar-refractivity contribution is 0.155. The summed E-state index contributed by atoms with van der Waals surface area (Å²) in [7, 11) is -3.50. The maximum atomic E-state index is 12.0. The predicted octanol–water partition coefficient (Wildman–Crippen LogP) is 7.93. The molecule has 0 aliphatic carbocycles. The molecule has 5 heteroatoms. The molecule has 4 nitrogen and oxygen atoms in total. The molecule has 1 atom stereocenters. The highest BCUT2D eigenvalue weighted by Crippen LogP contribution is 2.14. The first-order valence-electron chi connectivity index (χ1n) is 13.6. The minimum Gasteiger partial charge on any atom is -0.393 e. The van der Waals surface area contributed by atoms with Gasteiger partial charge >= 0.3 is 0 Å². The van der Waals surface area contributed by atoms with Crippen molar-refractivity contribution >= 4 is 10.1 Å². The van der Waals surface area contributed by atoms with Crippen molar-refractivity contribution in [3.63, 3.8) is 0 Å². The van der Waals surface area contributed by atoms with Crippen LogP contribution in [0.2, 0.25) is 0 Å². The topological polar surface area (TPSA) is 63.6 Å². The molecule has 0 spiro atoms. The van der Waals surface area contributed by atoms with E-state index in [-0.39, 0.29) is 18.8 Å². The average Bonchev–Trinajstić information content (AvgIpc) is 2.75. The number of unbranched alkanes of at least 4 members (excludes halogenated alkanes) is 17. The fourth-order valence-electron chi connectivity index (χ4n) is 3.95. The molecular formula is C26H54O4S. The number of hydrogen-bond acceptors (Lipinski definition) is 4. The van der Waals surface area contributed by atoms with Gasteiger partial charge in [0.25, 0.3) is 10.1 Å². The van der Waals surface area contributed by atoms with E-state index in [9.17, 15) is 13.5 Å². The van der Waals surface area contributed by atoms with E-state index in [1.165, 1.54) is 89.9 Å². The fourth-order valence-corrected chi connectivity index (χ4v) is 5.00. The Morgan fingerprint density at radius 3 is 1.42 bits per heavy atom. The van der Waals surface area contributed by atoms with Crippen molar-refractivity contribution in [3.05, 3.63) is 0 Å². The Labute approximate surface area is 195 Å². The van der Waals surface area contributed by atoms with Gasteiger partial charge in [0.1, 0.15) is 0 Å². The van der Waals surface area contributed by atoms with E-state index in [0.29, 0.717) is 6.42 Å². The molecule has 0 amide bonds. The average molecular weight is 463 g/mol. The van der Waals surface area contributed by atoms with Crippen LogP contribution in [0.1, 0.15) is 149 Å². The van der Waals surface area contributed by atoms with Crippen LogP contribution in [0.25, 0.3) is 0 Å². The van der Waals surface area contributed by atoms with E-state index >= 15 is 0 Å². The van der Waals surface area contributed by atoms with Gasteiger partial charge in [0, 0.05) is 0 Å². The molecule has 0 saturated heterocycles. The van der Waals surface area contributed by atoms with Crippen LogP contribution in [-0.2, 0) is 14.3 Å². The SMILES string of the molecule is CCCCCCCCCCCCCC(O)CCS(=O)(=O)OCCCCCCCCCC. The van der Waals surface area contributed by atoms with Crippen LogP contribution in [0, 0.1) is 0 Å². The van der Waals surface area contributed by atoms with E-state index in [0.717, 1.165) is 32.1 Å². The molecule has 0 heterocycles. The van der Waals surface area contributed by atoms with Gasteiger partial charge in [-0.05, 0) is 19.3 Å². The van der Waals surface area contributed by atoms with E-state index in [1.54, 1.807) is 0 Å². The van der Waals surface area contributed by atoms with Gasteiger partial charge in [-0.2, -0.15) is 8.42 Å². The molecule has 0 bridgehead atoms. The second kappa shape index (κ2) is 23.0. The van der Waals surface area contributed by atoms with Gasteiger partial charge in [0.2, 0.25) is 0 Å². The predicted molar refractivity (Wildman–Crippen MR) is 134 cm³/mol. The van der Waals surface area contributed by atoms with E-state index in [4.69, 9.17) is 4.18 Å². The standard InChI is InChI=1S/C26H54O4S/c1-3-5-7-9-11-13-14-15-16-18-20-22-26(27)23-25-31(28,29)30-24-21-19-17-12-10-8-6-4-2/h26-27H,3-25H2,1-2H3. The van der Waals surface area contributed by atoms with Crippen LogP contribution < -0.4 is 0 Å².